The topological polar surface area (TPSA) is 130 Å². The molecular weight excluding hydrogens is 527 g/mol. The SMILES string of the molecule is CN(C)CCCNc1nccc(-c2[nH]c(C3OCC(C)(C(=O)Nc4ccncc4)CO3)nc2-c2ccc(F)cc2)n1. The Bertz CT molecular complexity index is 1450. The second-order valence-corrected chi connectivity index (χ2v) is 10.4. The summed E-state index contributed by atoms with van der Waals surface area (Å²) in [7, 11) is 4.06. The number of carbonyl (C=O) groups is 1. The molecular formula is C29H33FN8O3. The number of ether oxygens (including phenoxy) is 2. The number of amides is 1. The Hall–Kier alpha value is -4.26. The minimum atomic E-state index is -0.908. The molecule has 4 heterocycles. The zero-order chi connectivity index (χ0) is 28.8. The molecule has 5 rings (SSSR count). The van der Waals surface area contributed by atoms with E-state index in [1.54, 1.807) is 55.8 Å². The van der Waals surface area contributed by atoms with Crippen molar-refractivity contribution in [2.75, 3.05) is 51.0 Å². The van der Waals surface area contributed by atoms with E-state index in [0.29, 0.717) is 40.1 Å². The third-order valence-corrected chi connectivity index (χ3v) is 6.63. The second kappa shape index (κ2) is 12.5. The molecule has 0 aliphatic carbocycles. The predicted molar refractivity (Wildman–Crippen MR) is 152 cm³/mol. The summed E-state index contributed by atoms with van der Waals surface area (Å²) in [6.45, 7) is 3.68. The van der Waals surface area contributed by atoms with Gasteiger partial charge in [0, 0.05) is 36.4 Å². The molecule has 12 heteroatoms. The lowest BCUT2D eigenvalue weighted by atomic mass is 9.91. The summed E-state index contributed by atoms with van der Waals surface area (Å²) in [5.74, 6) is 0.333. The van der Waals surface area contributed by atoms with Crippen LogP contribution in [0.5, 0.6) is 0 Å². The lowest BCUT2D eigenvalue weighted by molar-refractivity contribution is -0.229. The van der Waals surface area contributed by atoms with E-state index in [9.17, 15) is 9.18 Å². The number of pyridine rings is 1. The fourth-order valence-corrected chi connectivity index (χ4v) is 4.30. The largest absolute Gasteiger partial charge is 0.354 e. The van der Waals surface area contributed by atoms with Crippen LogP contribution in [0.1, 0.15) is 25.5 Å². The molecule has 3 N–H and O–H groups in total. The van der Waals surface area contributed by atoms with Crippen molar-refractivity contribution in [3.05, 3.63) is 72.7 Å². The third-order valence-electron chi connectivity index (χ3n) is 6.63. The van der Waals surface area contributed by atoms with Gasteiger partial charge in [0.15, 0.2) is 5.82 Å². The molecule has 0 atom stereocenters. The summed E-state index contributed by atoms with van der Waals surface area (Å²) < 4.78 is 25.7. The van der Waals surface area contributed by atoms with Gasteiger partial charge in [0.1, 0.15) is 5.82 Å². The fraction of sp³-hybridized carbons (Fsp3) is 0.345. The van der Waals surface area contributed by atoms with Crippen molar-refractivity contribution in [2.24, 2.45) is 5.41 Å². The summed E-state index contributed by atoms with van der Waals surface area (Å²) >= 11 is 0. The van der Waals surface area contributed by atoms with E-state index >= 15 is 0 Å². The van der Waals surface area contributed by atoms with Crippen LogP contribution in [0.4, 0.5) is 16.0 Å². The second-order valence-electron chi connectivity index (χ2n) is 10.4. The number of halogens is 1. The van der Waals surface area contributed by atoms with E-state index in [4.69, 9.17) is 14.5 Å². The van der Waals surface area contributed by atoms with Crippen LogP contribution in [0, 0.1) is 11.2 Å². The lowest BCUT2D eigenvalue weighted by Gasteiger charge is -2.35. The molecule has 3 aromatic heterocycles. The van der Waals surface area contributed by atoms with Gasteiger partial charge in [-0.25, -0.2) is 19.3 Å². The van der Waals surface area contributed by atoms with E-state index in [-0.39, 0.29) is 24.9 Å². The highest BCUT2D eigenvalue weighted by molar-refractivity contribution is 5.95. The minimum Gasteiger partial charge on any atom is -0.354 e. The average molecular weight is 561 g/mol. The number of rotatable bonds is 10. The van der Waals surface area contributed by atoms with Crippen molar-refractivity contribution in [3.8, 4) is 22.6 Å². The average Bonchev–Trinajstić information content (AvgIpc) is 3.42. The third kappa shape index (κ3) is 6.91. The maximum atomic E-state index is 13.7. The molecule has 0 saturated carbocycles. The first-order valence-electron chi connectivity index (χ1n) is 13.3. The van der Waals surface area contributed by atoms with E-state index < -0.39 is 11.7 Å². The molecule has 0 bridgehead atoms. The number of aromatic nitrogens is 5. The molecule has 4 aromatic rings. The normalized spacial score (nSPS) is 18.8. The molecule has 1 aromatic carbocycles. The first kappa shape index (κ1) is 28.3. The molecule has 41 heavy (non-hydrogen) atoms. The molecule has 214 valence electrons. The van der Waals surface area contributed by atoms with Gasteiger partial charge in [0.25, 0.3) is 0 Å². The number of hydrogen-bond donors (Lipinski definition) is 3. The first-order valence-corrected chi connectivity index (χ1v) is 13.3. The van der Waals surface area contributed by atoms with Crippen LogP contribution in [0.3, 0.4) is 0 Å². The van der Waals surface area contributed by atoms with E-state index in [1.165, 1.54) is 12.1 Å². The molecule has 1 aliphatic rings. The van der Waals surface area contributed by atoms with Gasteiger partial charge in [-0.15, -0.1) is 0 Å². The Kier molecular flexibility index (Phi) is 8.62. The standard InChI is InChI=1S/C29H33FN8O3/c1-29(27(39)34-21-9-13-31-14-10-21)17-40-26(41-18-29)25-36-23(19-5-7-20(30)8-6-19)24(37-25)22-11-15-33-28(35-22)32-12-4-16-38(2)3/h5-11,13-15,26H,4,12,16-18H2,1-3H3,(H,36,37)(H,31,34,39)(H,32,33,35). The van der Waals surface area contributed by atoms with E-state index in [2.05, 4.69) is 35.5 Å². The van der Waals surface area contributed by atoms with Gasteiger partial charge in [0.05, 0.1) is 35.7 Å². The minimum absolute atomic E-state index is 0.116. The number of anilines is 2. The number of carbonyl (C=O) groups excluding carboxylic acids is 1. The molecule has 1 aliphatic heterocycles. The van der Waals surface area contributed by atoms with Gasteiger partial charge in [-0.3, -0.25) is 9.78 Å². The first-order chi connectivity index (χ1) is 19.8. The quantitative estimate of drug-likeness (QED) is 0.245. The summed E-state index contributed by atoms with van der Waals surface area (Å²) in [6.07, 6.45) is 4.99. The van der Waals surface area contributed by atoms with Crippen LogP contribution in [0.15, 0.2) is 61.1 Å². The highest BCUT2D eigenvalue weighted by Gasteiger charge is 2.41. The Morgan fingerprint density at radius 2 is 1.80 bits per heavy atom. The van der Waals surface area contributed by atoms with Crippen LogP contribution in [-0.2, 0) is 14.3 Å². The molecule has 1 fully saturated rings. The number of hydrogen-bond acceptors (Lipinski definition) is 9. The van der Waals surface area contributed by atoms with Gasteiger partial charge >= 0.3 is 0 Å². The highest BCUT2D eigenvalue weighted by Crippen LogP contribution is 2.36. The van der Waals surface area contributed by atoms with Crippen LogP contribution >= 0.6 is 0 Å². The van der Waals surface area contributed by atoms with Crippen LogP contribution < -0.4 is 10.6 Å². The van der Waals surface area contributed by atoms with Crippen molar-refractivity contribution >= 4 is 17.5 Å². The van der Waals surface area contributed by atoms with Gasteiger partial charge in [-0.1, -0.05) is 0 Å². The summed E-state index contributed by atoms with van der Waals surface area (Å²) in [4.78, 5) is 36.2. The molecule has 0 spiro atoms. The van der Waals surface area contributed by atoms with E-state index in [0.717, 1.165) is 19.5 Å². The van der Waals surface area contributed by atoms with Crippen LogP contribution in [0.25, 0.3) is 22.6 Å². The van der Waals surface area contributed by atoms with Crippen molar-refractivity contribution in [1.82, 2.24) is 29.8 Å². The van der Waals surface area contributed by atoms with Gasteiger partial charge in [-0.05, 0) is 76.4 Å². The van der Waals surface area contributed by atoms with Crippen molar-refractivity contribution in [2.45, 2.75) is 19.6 Å². The fourth-order valence-electron chi connectivity index (χ4n) is 4.30. The number of benzene rings is 1. The smallest absolute Gasteiger partial charge is 0.235 e. The van der Waals surface area contributed by atoms with Crippen molar-refractivity contribution < 1.29 is 18.7 Å². The number of nitrogens with one attached hydrogen (secondary N) is 3. The van der Waals surface area contributed by atoms with Crippen molar-refractivity contribution in [1.29, 1.82) is 0 Å². The Balaban J connectivity index is 1.36. The number of H-pyrrole nitrogens is 1. The maximum Gasteiger partial charge on any atom is 0.235 e. The molecule has 1 saturated heterocycles. The van der Waals surface area contributed by atoms with Gasteiger partial charge in [-0.2, -0.15) is 0 Å². The lowest BCUT2D eigenvalue weighted by Crippen LogP contribution is -2.45. The van der Waals surface area contributed by atoms with Crippen molar-refractivity contribution in [3.63, 3.8) is 0 Å². The van der Waals surface area contributed by atoms with E-state index in [1.807, 2.05) is 14.1 Å². The number of imidazole rings is 1. The predicted octanol–water partition coefficient (Wildman–Crippen LogP) is 4.12. The van der Waals surface area contributed by atoms with Gasteiger partial charge < -0.3 is 30.0 Å². The highest BCUT2D eigenvalue weighted by atomic mass is 19.1. The summed E-state index contributed by atoms with van der Waals surface area (Å²) in [6, 6.07) is 11.3. The maximum absolute atomic E-state index is 13.7. The molecule has 1 amide bonds. The molecule has 11 nitrogen and oxygen atoms in total. The Labute approximate surface area is 237 Å². The summed E-state index contributed by atoms with van der Waals surface area (Å²) in [5.41, 5.74) is 2.21. The zero-order valence-electron chi connectivity index (χ0n) is 23.2. The van der Waals surface area contributed by atoms with Crippen LogP contribution in [-0.4, -0.2) is 76.1 Å². The molecule has 0 unspecified atom stereocenters. The van der Waals surface area contributed by atoms with Gasteiger partial charge in [0.2, 0.25) is 18.1 Å². The Morgan fingerprint density at radius 1 is 1.07 bits per heavy atom. The van der Waals surface area contributed by atoms with Crippen LogP contribution in [0.2, 0.25) is 0 Å². The monoisotopic (exact) mass is 560 g/mol. The number of aromatic amines is 1. The summed E-state index contributed by atoms with van der Waals surface area (Å²) in [5, 5.41) is 6.14. The zero-order valence-corrected chi connectivity index (χ0v) is 23.2. The number of nitrogens with zero attached hydrogens (tertiary/aromatic N) is 5. The molecule has 0 radical (unpaired) electrons. The Morgan fingerprint density at radius 3 is 2.51 bits per heavy atom.